The van der Waals surface area contributed by atoms with Crippen LogP contribution in [0.2, 0.25) is 5.02 Å². The lowest BCUT2D eigenvalue weighted by Crippen LogP contribution is -2.40. The van der Waals surface area contributed by atoms with E-state index in [1.165, 1.54) is 0 Å². The summed E-state index contributed by atoms with van der Waals surface area (Å²) in [4.78, 5) is 22.9. The summed E-state index contributed by atoms with van der Waals surface area (Å²) in [5, 5.41) is 12.1. The van der Waals surface area contributed by atoms with Crippen LogP contribution in [0.5, 0.6) is 0 Å². The number of hydrogen-bond acceptors (Lipinski definition) is 2. The van der Waals surface area contributed by atoms with Gasteiger partial charge in [-0.3, -0.25) is 4.79 Å². The van der Waals surface area contributed by atoms with Crippen LogP contribution in [0.15, 0.2) is 35.9 Å². The van der Waals surface area contributed by atoms with Crippen molar-refractivity contribution in [1.82, 2.24) is 5.32 Å². The monoisotopic (exact) mass is 281 g/mol. The average Bonchev–Trinajstić information content (AvgIpc) is 2.34. The molecule has 0 spiro atoms. The molecule has 1 aromatic carbocycles. The minimum absolute atomic E-state index is 0.261. The van der Waals surface area contributed by atoms with E-state index >= 15 is 0 Å². The van der Waals surface area contributed by atoms with E-state index in [0.29, 0.717) is 10.6 Å². The Morgan fingerprint density at radius 3 is 2.37 bits per heavy atom. The molecule has 5 heteroatoms. The number of nitrogens with one attached hydrogen (secondary N) is 1. The van der Waals surface area contributed by atoms with Crippen LogP contribution in [-0.2, 0) is 4.79 Å². The van der Waals surface area contributed by atoms with Crippen molar-refractivity contribution in [3.05, 3.63) is 46.5 Å². The molecule has 1 atom stereocenters. The number of carbonyl (C=O) groups is 2. The molecule has 1 aromatic rings. The van der Waals surface area contributed by atoms with E-state index in [0.717, 1.165) is 5.57 Å². The van der Waals surface area contributed by atoms with Crippen molar-refractivity contribution in [3.63, 3.8) is 0 Å². The SMILES string of the molecule is CC(C)=CC[C@@H](NC(=O)c1ccc(Cl)cc1)C(=O)O. The number of halogens is 1. The van der Waals surface area contributed by atoms with Crippen molar-refractivity contribution < 1.29 is 14.7 Å². The molecule has 0 saturated heterocycles. The Hall–Kier alpha value is -1.81. The van der Waals surface area contributed by atoms with Crippen molar-refractivity contribution in [2.45, 2.75) is 26.3 Å². The molecule has 0 radical (unpaired) electrons. The number of amides is 1. The predicted molar refractivity (Wildman–Crippen MR) is 74.4 cm³/mol. The van der Waals surface area contributed by atoms with Crippen LogP contribution >= 0.6 is 11.6 Å². The van der Waals surface area contributed by atoms with Gasteiger partial charge in [0.05, 0.1) is 0 Å². The largest absolute Gasteiger partial charge is 0.480 e. The number of rotatable bonds is 5. The fourth-order valence-electron chi connectivity index (χ4n) is 1.42. The molecular weight excluding hydrogens is 266 g/mol. The van der Waals surface area contributed by atoms with Gasteiger partial charge in [-0.15, -0.1) is 0 Å². The van der Waals surface area contributed by atoms with Gasteiger partial charge in [-0.05, 0) is 44.5 Å². The normalized spacial score (nSPS) is 11.5. The summed E-state index contributed by atoms with van der Waals surface area (Å²) in [6.07, 6.45) is 2.04. The van der Waals surface area contributed by atoms with E-state index in [1.807, 2.05) is 13.8 Å². The molecular formula is C14H16ClNO3. The van der Waals surface area contributed by atoms with E-state index in [2.05, 4.69) is 5.32 Å². The Bertz CT molecular complexity index is 490. The first-order valence-corrected chi connectivity index (χ1v) is 6.20. The van der Waals surface area contributed by atoms with Crippen LogP contribution in [0.25, 0.3) is 0 Å². The zero-order valence-corrected chi connectivity index (χ0v) is 11.6. The number of carbonyl (C=O) groups excluding carboxylic acids is 1. The van der Waals surface area contributed by atoms with Gasteiger partial charge in [0.15, 0.2) is 0 Å². The molecule has 0 aliphatic rings. The third-order valence-electron chi connectivity index (χ3n) is 2.47. The Kier molecular flexibility index (Phi) is 5.57. The first kappa shape index (κ1) is 15.2. The van der Waals surface area contributed by atoms with Gasteiger partial charge in [-0.1, -0.05) is 23.3 Å². The number of carboxylic acid groups (broad SMARTS) is 1. The van der Waals surface area contributed by atoms with E-state index in [4.69, 9.17) is 16.7 Å². The molecule has 1 amide bonds. The summed E-state index contributed by atoms with van der Waals surface area (Å²) in [7, 11) is 0. The second-order valence-corrected chi connectivity index (χ2v) is 4.82. The van der Waals surface area contributed by atoms with Crippen LogP contribution < -0.4 is 5.32 Å². The summed E-state index contributed by atoms with van der Waals surface area (Å²) >= 11 is 5.72. The molecule has 19 heavy (non-hydrogen) atoms. The summed E-state index contributed by atoms with van der Waals surface area (Å²) < 4.78 is 0. The zero-order valence-electron chi connectivity index (χ0n) is 10.8. The molecule has 0 bridgehead atoms. The number of allylic oxidation sites excluding steroid dienone is 1. The molecule has 102 valence electrons. The number of carboxylic acids is 1. The smallest absolute Gasteiger partial charge is 0.326 e. The molecule has 0 aliphatic carbocycles. The fourth-order valence-corrected chi connectivity index (χ4v) is 1.54. The maximum absolute atomic E-state index is 11.9. The standard InChI is InChI=1S/C14H16ClNO3/c1-9(2)3-8-12(14(18)19)16-13(17)10-4-6-11(15)7-5-10/h3-7,12H,8H2,1-2H3,(H,16,17)(H,18,19)/t12-/m1/s1. The van der Waals surface area contributed by atoms with Crippen molar-refractivity contribution in [2.24, 2.45) is 0 Å². The second-order valence-electron chi connectivity index (χ2n) is 4.39. The number of hydrogen-bond donors (Lipinski definition) is 2. The third kappa shape index (κ3) is 5.14. The van der Waals surface area contributed by atoms with Crippen molar-refractivity contribution in [1.29, 1.82) is 0 Å². The minimum atomic E-state index is -1.06. The summed E-state index contributed by atoms with van der Waals surface area (Å²) in [6, 6.07) is 5.35. The van der Waals surface area contributed by atoms with Crippen LogP contribution in [-0.4, -0.2) is 23.0 Å². The van der Waals surface area contributed by atoms with Crippen LogP contribution in [0.3, 0.4) is 0 Å². The highest BCUT2D eigenvalue weighted by atomic mass is 35.5. The summed E-state index contributed by atoms with van der Waals surface area (Å²) in [5.74, 6) is -1.48. The molecule has 2 N–H and O–H groups in total. The molecule has 0 heterocycles. The average molecular weight is 282 g/mol. The van der Waals surface area contributed by atoms with Gasteiger partial charge in [-0.25, -0.2) is 4.79 Å². The molecule has 0 saturated carbocycles. The zero-order chi connectivity index (χ0) is 14.4. The Morgan fingerprint density at radius 2 is 1.89 bits per heavy atom. The van der Waals surface area contributed by atoms with E-state index in [9.17, 15) is 9.59 Å². The minimum Gasteiger partial charge on any atom is -0.480 e. The highest BCUT2D eigenvalue weighted by Gasteiger charge is 2.19. The van der Waals surface area contributed by atoms with Crippen LogP contribution in [0.1, 0.15) is 30.6 Å². The number of aliphatic carboxylic acids is 1. The summed E-state index contributed by atoms with van der Waals surface area (Å²) in [6.45, 7) is 3.75. The molecule has 1 rings (SSSR count). The van der Waals surface area contributed by atoms with Gasteiger partial charge in [0.25, 0.3) is 5.91 Å². The fraction of sp³-hybridized carbons (Fsp3) is 0.286. The predicted octanol–water partition coefficient (Wildman–Crippen LogP) is 2.88. The van der Waals surface area contributed by atoms with Crippen molar-refractivity contribution in [3.8, 4) is 0 Å². The van der Waals surface area contributed by atoms with E-state index < -0.39 is 17.9 Å². The van der Waals surface area contributed by atoms with Crippen LogP contribution in [0.4, 0.5) is 0 Å². The maximum Gasteiger partial charge on any atom is 0.326 e. The van der Waals surface area contributed by atoms with Crippen LogP contribution in [0, 0.1) is 0 Å². The summed E-state index contributed by atoms with van der Waals surface area (Å²) in [5.41, 5.74) is 1.39. The van der Waals surface area contributed by atoms with Gasteiger partial charge in [0.2, 0.25) is 0 Å². The van der Waals surface area contributed by atoms with Gasteiger partial charge < -0.3 is 10.4 Å². The van der Waals surface area contributed by atoms with Gasteiger partial charge in [0.1, 0.15) is 6.04 Å². The highest BCUT2D eigenvalue weighted by Crippen LogP contribution is 2.10. The quantitative estimate of drug-likeness (QED) is 0.816. The molecule has 0 unspecified atom stereocenters. The Balaban J connectivity index is 2.74. The maximum atomic E-state index is 11.9. The van der Waals surface area contributed by atoms with Gasteiger partial charge in [0, 0.05) is 10.6 Å². The Morgan fingerprint density at radius 1 is 1.32 bits per heavy atom. The van der Waals surface area contributed by atoms with Crippen molar-refractivity contribution in [2.75, 3.05) is 0 Å². The lowest BCUT2D eigenvalue weighted by Gasteiger charge is -2.13. The van der Waals surface area contributed by atoms with Gasteiger partial charge in [-0.2, -0.15) is 0 Å². The van der Waals surface area contributed by atoms with Gasteiger partial charge >= 0.3 is 5.97 Å². The molecule has 0 aromatic heterocycles. The highest BCUT2D eigenvalue weighted by molar-refractivity contribution is 6.30. The lowest BCUT2D eigenvalue weighted by atomic mass is 10.1. The topological polar surface area (TPSA) is 66.4 Å². The number of benzene rings is 1. The van der Waals surface area contributed by atoms with E-state index in [-0.39, 0.29) is 6.42 Å². The molecule has 0 aliphatic heterocycles. The molecule has 0 fully saturated rings. The second kappa shape index (κ2) is 6.95. The first-order chi connectivity index (χ1) is 8.90. The Labute approximate surface area is 117 Å². The molecule has 4 nitrogen and oxygen atoms in total. The third-order valence-corrected chi connectivity index (χ3v) is 2.72. The van der Waals surface area contributed by atoms with Crippen molar-refractivity contribution >= 4 is 23.5 Å². The first-order valence-electron chi connectivity index (χ1n) is 5.82. The van der Waals surface area contributed by atoms with E-state index in [1.54, 1.807) is 30.3 Å². The lowest BCUT2D eigenvalue weighted by molar-refractivity contribution is -0.139.